The number of ether oxygens (including phenoxy) is 3. The Morgan fingerprint density at radius 2 is 2.14 bits per heavy atom. The molecule has 0 spiro atoms. The predicted octanol–water partition coefficient (Wildman–Crippen LogP) is 3.16. The predicted molar refractivity (Wildman–Crippen MR) is 82.0 cm³/mol. The van der Waals surface area contributed by atoms with Crippen molar-refractivity contribution in [3.05, 3.63) is 24.8 Å². The van der Waals surface area contributed by atoms with Crippen molar-refractivity contribution in [1.29, 1.82) is 0 Å². The Morgan fingerprint density at radius 3 is 2.71 bits per heavy atom. The molecule has 1 N–H and O–H groups in total. The molecule has 0 unspecified atom stereocenters. The molecule has 1 saturated heterocycles. The Hall–Kier alpha value is -1.33. The maximum Gasteiger partial charge on any atom is 0.408 e. The number of rotatable bonds is 4. The van der Waals surface area contributed by atoms with Gasteiger partial charge in [-0.1, -0.05) is 24.8 Å². The molecule has 0 aromatic heterocycles. The number of carbonyl (C=O) groups excluding carboxylic acids is 1. The summed E-state index contributed by atoms with van der Waals surface area (Å²) in [5.41, 5.74) is -0.530. The van der Waals surface area contributed by atoms with E-state index in [4.69, 9.17) is 14.2 Å². The van der Waals surface area contributed by atoms with Gasteiger partial charge in [0.1, 0.15) is 5.60 Å². The van der Waals surface area contributed by atoms with Gasteiger partial charge in [-0.05, 0) is 41.0 Å². The zero-order chi connectivity index (χ0) is 16.1. The number of alkyl carbamates (subject to hydrolysis) is 1. The van der Waals surface area contributed by atoms with Crippen LogP contribution < -0.4 is 5.32 Å². The van der Waals surface area contributed by atoms with Crippen molar-refractivity contribution >= 4 is 6.09 Å². The van der Waals surface area contributed by atoms with E-state index >= 15 is 0 Å². The lowest BCUT2D eigenvalue weighted by molar-refractivity contribution is -0.280. The van der Waals surface area contributed by atoms with E-state index in [0.717, 1.165) is 0 Å². The van der Waals surface area contributed by atoms with E-state index < -0.39 is 17.5 Å². The maximum atomic E-state index is 11.9. The fourth-order valence-electron chi connectivity index (χ4n) is 1.99. The molecule has 0 aromatic carbocycles. The van der Waals surface area contributed by atoms with Crippen molar-refractivity contribution < 1.29 is 19.0 Å². The normalized spacial score (nSPS) is 25.6. The second-order valence-electron chi connectivity index (χ2n) is 6.52. The second-order valence-corrected chi connectivity index (χ2v) is 6.52. The summed E-state index contributed by atoms with van der Waals surface area (Å²) in [5.74, 6) is -0.654. The van der Waals surface area contributed by atoms with Crippen molar-refractivity contribution in [2.45, 2.75) is 64.6 Å². The summed E-state index contributed by atoms with van der Waals surface area (Å²) >= 11 is 0. The van der Waals surface area contributed by atoms with Crippen LogP contribution in [-0.2, 0) is 14.2 Å². The molecule has 1 amide bonds. The summed E-state index contributed by atoms with van der Waals surface area (Å²) in [6, 6.07) is -0.248. The Labute approximate surface area is 127 Å². The van der Waals surface area contributed by atoms with Gasteiger partial charge in [0.2, 0.25) is 0 Å². The third kappa shape index (κ3) is 6.78. The molecule has 120 valence electrons. The van der Waals surface area contributed by atoms with Gasteiger partial charge in [-0.3, -0.25) is 0 Å². The van der Waals surface area contributed by atoms with Crippen LogP contribution >= 0.6 is 0 Å². The molecule has 5 heteroatoms. The summed E-state index contributed by atoms with van der Waals surface area (Å²) in [6.07, 6.45) is 5.56. The highest BCUT2D eigenvalue weighted by molar-refractivity contribution is 5.68. The molecule has 1 heterocycles. The fraction of sp³-hybridized carbons (Fsp3) is 0.688. The molecular weight excluding hydrogens is 270 g/mol. The van der Waals surface area contributed by atoms with Crippen molar-refractivity contribution in [2.24, 2.45) is 0 Å². The van der Waals surface area contributed by atoms with Gasteiger partial charge < -0.3 is 19.5 Å². The molecule has 1 rings (SSSR count). The standard InChI is InChI=1S/C16H27NO4/c1-7-8-9-10-13-12(11-19-16(5,6)20-13)17-14(18)21-15(2,3)4/h7-9,12-13H,1,10-11H2,2-6H3,(H,17,18)/b9-8+/t12-,13+/m0/s1. The van der Waals surface area contributed by atoms with Crippen molar-refractivity contribution in [3.63, 3.8) is 0 Å². The van der Waals surface area contributed by atoms with Crippen LogP contribution in [0.15, 0.2) is 24.8 Å². The van der Waals surface area contributed by atoms with Crippen LogP contribution in [0.3, 0.4) is 0 Å². The number of amides is 1. The van der Waals surface area contributed by atoms with E-state index in [0.29, 0.717) is 13.0 Å². The van der Waals surface area contributed by atoms with Gasteiger partial charge in [-0.2, -0.15) is 0 Å². The lowest BCUT2D eigenvalue weighted by atomic mass is 10.1. The average molecular weight is 297 g/mol. The number of carbonyl (C=O) groups is 1. The van der Waals surface area contributed by atoms with Gasteiger partial charge in [0.25, 0.3) is 0 Å². The second kappa shape index (κ2) is 7.09. The van der Waals surface area contributed by atoms with Crippen molar-refractivity contribution in [2.75, 3.05) is 6.61 Å². The molecule has 0 bridgehead atoms. The minimum absolute atomic E-state index is 0.169. The summed E-state index contributed by atoms with van der Waals surface area (Å²) in [5, 5.41) is 2.82. The monoisotopic (exact) mass is 297 g/mol. The van der Waals surface area contributed by atoms with Crippen LogP contribution in [0.4, 0.5) is 4.79 Å². The number of nitrogens with one attached hydrogen (secondary N) is 1. The summed E-state index contributed by atoms with van der Waals surface area (Å²) in [4.78, 5) is 11.9. The van der Waals surface area contributed by atoms with E-state index in [1.54, 1.807) is 6.08 Å². The van der Waals surface area contributed by atoms with E-state index in [-0.39, 0.29) is 12.1 Å². The third-order valence-electron chi connectivity index (χ3n) is 2.84. The first-order valence-corrected chi connectivity index (χ1v) is 7.22. The Morgan fingerprint density at radius 1 is 1.48 bits per heavy atom. The first-order valence-electron chi connectivity index (χ1n) is 7.22. The lowest BCUT2D eigenvalue weighted by Crippen LogP contribution is -2.56. The Bertz CT molecular complexity index is 396. The van der Waals surface area contributed by atoms with Gasteiger partial charge >= 0.3 is 6.09 Å². The quantitative estimate of drug-likeness (QED) is 0.810. The molecule has 0 aromatic rings. The van der Waals surface area contributed by atoms with Crippen LogP contribution in [0.25, 0.3) is 0 Å². The molecule has 0 saturated carbocycles. The maximum absolute atomic E-state index is 11.9. The highest BCUT2D eigenvalue weighted by atomic mass is 16.7. The van der Waals surface area contributed by atoms with E-state index in [2.05, 4.69) is 11.9 Å². The SMILES string of the molecule is C=C/C=C/C[C@H]1OC(C)(C)OC[C@@H]1NC(=O)OC(C)(C)C. The number of allylic oxidation sites excluding steroid dienone is 2. The first kappa shape index (κ1) is 17.7. The first-order chi connectivity index (χ1) is 9.63. The minimum Gasteiger partial charge on any atom is -0.444 e. The molecule has 1 fully saturated rings. The Balaban J connectivity index is 2.66. The van der Waals surface area contributed by atoms with Crippen LogP contribution in [0.1, 0.15) is 41.0 Å². The van der Waals surface area contributed by atoms with Crippen molar-refractivity contribution in [1.82, 2.24) is 5.32 Å². The largest absolute Gasteiger partial charge is 0.444 e. The highest BCUT2D eigenvalue weighted by Gasteiger charge is 2.37. The zero-order valence-corrected chi connectivity index (χ0v) is 13.6. The molecule has 0 radical (unpaired) electrons. The average Bonchev–Trinajstić information content (AvgIpc) is 2.30. The molecule has 5 nitrogen and oxygen atoms in total. The van der Waals surface area contributed by atoms with Gasteiger partial charge in [-0.15, -0.1) is 0 Å². The highest BCUT2D eigenvalue weighted by Crippen LogP contribution is 2.25. The fourth-order valence-corrected chi connectivity index (χ4v) is 1.99. The summed E-state index contributed by atoms with van der Waals surface area (Å²) < 4.78 is 16.8. The van der Waals surface area contributed by atoms with Crippen LogP contribution in [0, 0.1) is 0 Å². The van der Waals surface area contributed by atoms with Crippen molar-refractivity contribution in [3.8, 4) is 0 Å². The van der Waals surface area contributed by atoms with E-state index in [1.807, 2.05) is 46.8 Å². The van der Waals surface area contributed by atoms with Gasteiger partial charge in [-0.25, -0.2) is 4.79 Å². The van der Waals surface area contributed by atoms with E-state index in [1.165, 1.54) is 0 Å². The topological polar surface area (TPSA) is 56.8 Å². The molecule has 2 atom stereocenters. The molecule has 1 aliphatic rings. The van der Waals surface area contributed by atoms with E-state index in [9.17, 15) is 4.79 Å². The van der Waals surface area contributed by atoms with Crippen LogP contribution in [0.2, 0.25) is 0 Å². The molecule has 0 aliphatic carbocycles. The van der Waals surface area contributed by atoms with Gasteiger partial charge in [0.05, 0.1) is 18.8 Å². The number of hydrogen-bond donors (Lipinski definition) is 1. The lowest BCUT2D eigenvalue weighted by Gasteiger charge is -2.41. The van der Waals surface area contributed by atoms with Gasteiger partial charge in [0.15, 0.2) is 5.79 Å². The smallest absolute Gasteiger partial charge is 0.408 e. The zero-order valence-electron chi connectivity index (χ0n) is 13.6. The summed E-state index contributed by atoms with van der Waals surface area (Å²) in [6.45, 7) is 13.2. The third-order valence-corrected chi connectivity index (χ3v) is 2.84. The molecule has 1 aliphatic heterocycles. The van der Waals surface area contributed by atoms with Crippen LogP contribution in [-0.4, -0.2) is 36.2 Å². The summed E-state index contributed by atoms with van der Waals surface area (Å²) in [7, 11) is 0. The Kier molecular flexibility index (Phi) is 5.98. The van der Waals surface area contributed by atoms with Gasteiger partial charge in [0, 0.05) is 0 Å². The minimum atomic E-state index is -0.654. The molecule has 21 heavy (non-hydrogen) atoms. The molecular formula is C16H27NO4. The number of hydrogen-bond acceptors (Lipinski definition) is 4. The van der Waals surface area contributed by atoms with Crippen LogP contribution in [0.5, 0.6) is 0 Å².